The highest BCUT2D eigenvalue weighted by molar-refractivity contribution is 5.94. The Morgan fingerprint density at radius 3 is 2.33 bits per heavy atom. The first-order valence-corrected chi connectivity index (χ1v) is 8.23. The SMILES string of the molecule is CCC(CC)(CO)CNC(=O)c1ccc(-c2ccccc2)[nH]c1=O. The van der Waals surface area contributed by atoms with E-state index in [1.54, 1.807) is 6.07 Å². The summed E-state index contributed by atoms with van der Waals surface area (Å²) in [6.45, 7) is 4.31. The summed E-state index contributed by atoms with van der Waals surface area (Å²) < 4.78 is 0. The first-order valence-electron chi connectivity index (χ1n) is 8.23. The van der Waals surface area contributed by atoms with Gasteiger partial charge in [-0.2, -0.15) is 0 Å². The molecule has 0 spiro atoms. The van der Waals surface area contributed by atoms with Crippen LogP contribution in [0.2, 0.25) is 0 Å². The number of carbonyl (C=O) groups excluding carboxylic acids is 1. The largest absolute Gasteiger partial charge is 0.396 e. The second kappa shape index (κ2) is 7.93. The van der Waals surface area contributed by atoms with Gasteiger partial charge in [-0.25, -0.2) is 0 Å². The van der Waals surface area contributed by atoms with Crippen molar-refractivity contribution in [2.45, 2.75) is 26.7 Å². The van der Waals surface area contributed by atoms with Crippen LogP contribution in [0.25, 0.3) is 11.3 Å². The van der Waals surface area contributed by atoms with E-state index < -0.39 is 11.5 Å². The van der Waals surface area contributed by atoms with Crippen molar-refractivity contribution in [1.29, 1.82) is 0 Å². The number of pyridine rings is 1. The van der Waals surface area contributed by atoms with Gasteiger partial charge in [0.1, 0.15) is 5.56 Å². The fourth-order valence-corrected chi connectivity index (χ4v) is 2.58. The van der Waals surface area contributed by atoms with Crippen LogP contribution in [0, 0.1) is 5.41 Å². The molecule has 2 rings (SSSR count). The van der Waals surface area contributed by atoms with Gasteiger partial charge >= 0.3 is 0 Å². The zero-order valence-corrected chi connectivity index (χ0v) is 14.1. The van der Waals surface area contributed by atoms with Crippen molar-refractivity contribution in [3.63, 3.8) is 0 Å². The summed E-state index contributed by atoms with van der Waals surface area (Å²) in [5, 5.41) is 12.3. The average Bonchev–Trinajstić information content (AvgIpc) is 2.64. The fourth-order valence-electron chi connectivity index (χ4n) is 2.58. The zero-order chi connectivity index (χ0) is 17.6. The lowest BCUT2D eigenvalue weighted by atomic mass is 9.83. The summed E-state index contributed by atoms with van der Waals surface area (Å²) in [4.78, 5) is 27.3. The maximum atomic E-state index is 12.3. The van der Waals surface area contributed by atoms with Crippen molar-refractivity contribution in [3.8, 4) is 11.3 Å². The first-order chi connectivity index (χ1) is 11.5. The lowest BCUT2D eigenvalue weighted by molar-refractivity contribution is 0.0850. The number of hydrogen-bond acceptors (Lipinski definition) is 3. The number of rotatable bonds is 7. The standard InChI is InChI=1S/C19H24N2O3/c1-3-19(4-2,13-22)12-20-17(23)15-10-11-16(21-18(15)24)14-8-6-5-7-9-14/h5-11,22H,3-4,12-13H2,1-2H3,(H,20,23)(H,21,24). The van der Waals surface area contributed by atoms with Crippen molar-refractivity contribution < 1.29 is 9.90 Å². The molecular weight excluding hydrogens is 304 g/mol. The van der Waals surface area contributed by atoms with Gasteiger partial charge in [0.25, 0.3) is 11.5 Å². The minimum absolute atomic E-state index is 0.00355. The molecule has 128 valence electrons. The number of aliphatic hydroxyl groups excluding tert-OH is 1. The lowest BCUT2D eigenvalue weighted by Gasteiger charge is -2.29. The summed E-state index contributed by atoms with van der Waals surface area (Å²) in [6.07, 6.45) is 1.51. The smallest absolute Gasteiger partial charge is 0.261 e. The lowest BCUT2D eigenvalue weighted by Crippen LogP contribution is -2.40. The maximum absolute atomic E-state index is 12.3. The molecule has 0 bridgehead atoms. The van der Waals surface area contributed by atoms with Gasteiger partial charge in [0.15, 0.2) is 0 Å². The molecule has 0 aliphatic heterocycles. The van der Waals surface area contributed by atoms with Crippen molar-refractivity contribution >= 4 is 5.91 Å². The van der Waals surface area contributed by atoms with Gasteiger partial charge in [0.05, 0.1) is 6.61 Å². The highest BCUT2D eigenvalue weighted by Gasteiger charge is 2.26. The van der Waals surface area contributed by atoms with E-state index in [1.807, 2.05) is 44.2 Å². The van der Waals surface area contributed by atoms with Gasteiger partial charge in [-0.1, -0.05) is 44.2 Å². The van der Waals surface area contributed by atoms with Crippen LogP contribution in [0.3, 0.4) is 0 Å². The molecule has 0 unspecified atom stereocenters. The van der Waals surface area contributed by atoms with Crippen LogP contribution in [0.5, 0.6) is 0 Å². The van der Waals surface area contributed by atoms with E-state index in [9.17, 15) is 14.7 Å². The second-order valence-electron chi connectivity index (χ2n) is 6.03. The van der Waals surface area contributed by atoms with Crippen LogP contribution in [0.4, 0.5) is 0 Å². The molecule has 0 atom stereocenters. The molecule has 0 fully saturated rings. The van der Waals surface area contributed by atoms with Crippen molar-refractivity contribution in [1.82, 2.24) is 10.3 Å². The Labute approximate surface area is 141 Å². The number of carbonyl (C=O) groups is 1. The van der Waals surface area contributed by atoms with Gasteiger partial charge in [-0.05, 0) is 30.5 Å². The molecule has 0 saturated heterocycles. The number of amides is 1. The van der Waals surface area contributed by atoms with Crippen LogP contribution >= 0.6 is 0 Å². The number of H-pyrrole nitrogens is 1. The normalized spacial score (nSPS) is 11.3. The van der Waals surface area contributed by atoms with Gasteiger partial charge in [-0.3, -0.25) is 9.59 Å². The highest BCUT2D eigenvalue weighted by atomic mass is 16.3. The van der Waals surface area contributed by atoms with Crippen LogP contribution in [0.1, 0.15) is 37.0 Å². The number of benzene rings is 1. The molecule has 1 aromatic carbocycles. The second-order valence-corrected chi connectivity index (χ2v) is 6.03. The Morgan fingerprint density at radius 2 is 1.79 bits per heavy atom. The van der Waals surface area contributed by atoms with E-state index in [2.05, 4.69) is 10.3 Å². The van der Waals surface area contributed by atoms with Crippen molar-refractivity contribution in [2.75, 3.05) is 13.2 Å². The molecule has 24 heavy (non-hydrogen) atoms. The fraction of sp³-hybridized carbons (Fsp3) is 0.368. The zero-order valence-electron chi connectivity index (χ0n) is 14.1. The average molecular weight is 328 g/mol. The molecule has 1 aromatic heterocycles. The number of aromatic nitrogens is 1. The Balaban J connectivity index is 2.15. The molecule has 0 aliphatic carbocycles. The predicted octanol–water partition coefficient (Wildman–Crippen LogP) is 2.57. The Hall–Kier alpha value is -2.40. The highest BCUT2D eigenvalue weighted by Crippen LogP contribution is 2.24. The third-order valence-electron chi connectivity index (χ3n) is 4.70. The first kappa shape index (κ1) is 17.9. The van der Waals surface area contributed by atoms with Crippen LogP contribution in [0.15, 0.2) is 47.3 Å². The van der Waals surface area contributed by atoms with E-state index in [4.69, 9.17) is 0 Å². The van der Waals surface area contributed by atoms with E-state index >= 15 is 0 Å². The van der Waals surface area contributed by atoms with Crippen molar-refractivity contribution in [3.05, 3.63) is 58.4 Å². The summed E-state index contributed by atoms with van der Waals surface area (Å²) in [6, 6.07) is 12.7. The van der Waals surface area contributed by atoms with Crippen LogP contribution < -0.4 is 10.9 Å². The summed E-state index contributed by atoms with van der Waals surface area (Å²) in [5.41, 5.74) is 0.874. The van der Waals surface area contributed by atoms with Crippen LogP contribution in [-0.2, 0) is 0 Å². The Morgan fingerprint density at radius 1 is 1.12 bits per heavy atom. The quantitative estimate of drug-likeness (QED) is 0.730. The van der Waals surface area contributed by atoms with Crippen molar-refractivity contribution in [2.24, 2.45) is 5.41 Å². The number of nitrogens with one attached hydrogen (secondary N) is 2. The molecule has 0 saturated carbocycles. The minimum Gasteiger partial charge on any atom is -0.396 e. The summed E-state index contributed by atoms with van der Waals surface area (Å²) in [7, 11) is 0. The predicted molar refractivity (Wildman–Crippen MR) is 94.9 cm³/mol. The minimum atomic E-state index is -0.421. The van der Waals surface area contributed by atoms with E-state index in [-0.39, 0.29) is 17.6 Å². The number of aromatic amines is 1. The van der Waals surface area contributed by atoms with E-state index in [0.29, 0.717) is 12.2 Å². The third kappa shape index (κ3) is 3.92. The summed E-state index contributed by atoms with van der Waals surface area (Å²) >= 11 is 0. The molecule has 5 nitrogen and oxygen atoms in total. The molecule has 5 heteroatoms. The summed E-state index contributed by atoms with van der Waals surface area (Å²) in [5.74, 6) is -0.421. The van der Waals surface area contributed by atoms with E-state index in [0.717, 1.165) is 18.4 Å². The number of hydrogen-bond donors (Lipinski definition) is 3. The Kier molecular flexibility index (Phi) is 5.93. The molecular formula is C19H24N2O3. The third-order valence-corrected chi connectivity index (χ3v) is 4.70. The van der Waals surface area contributed by atoms with Crippen LogP contribution in [-0.4, -0.2) is 29.1 Å². The van der Waals surface area contributed by atoms with Gasteiger partial charge in [0, 0.05) is 17.7 Å². The van der Waals surface area contributed by atoms with Gasteiger partial charge < -0.3 is 15.4 Å². The molecule has 1 amide bonds. The Bertz CT molecular complexity index is 726. The molecule has 0 radical (unpaired) electrons. The van der Waals surface area contributed by atoms with Gasteiger partial charge in [0.2, 0.25) is 0 Å². The molecule has 2 aromatic rings. The monoisotopic (exact) mass is 328 g/mol. The molecule has 1 heterocycles. The van der Waals surface area contributed by atoms with E-state index in [1.165, 1.54) is 6.07 Å². The molecule has 0 aliphatic rings. The van der Waals surface area contributed by atoms with Gasteiger partial charge in [-0.15, -0.1) is 0 Å². The topological polar surface area (TPSA) is 82.2 Å². The number of aliphatic hydroxyl groups is 1. The molecule has 3 N–H and O–H groups in total. The maximum Gasteiger partial charge on any atom is 0.261 e.